The molecule has 0 amide bonds. The summed E-state index contributed by atoms with van der Waals surface area (Å²) >= 11 is 0. The molecular weight excluding hydrogens is 346 g/mol. The van der Waals surface area contributed by atoms with Gasteiger partial charge in [0.2, 0.25) is 0 Å². The Morgan fingerprint density at radius 2 is 1.88 bits per heavy atom. The van der Waals surface area contributed by atoms with Gasteiger partial charge in [0.15, 0.2) is 5.96 Å². The van der Waals surface area contributed by atoms with Crippen LogP contribution in [0.25, 0.3) is 10.8 Å². The standard InChI is InChI=1S/C20H29N3O2S/c1-4-21-20(23-16(2)12-14-26(3,24)25)22-13-11-17-9-10-18-7-5-6-8-19(18)15-17/h5-10,15-16H,4,11-14H2,1-3H3,(H2,21,22,23). The van der Waals surface area contributed by atoms with Gasteiger partial charge in [-0.2, -0.15) is 0 Å². The predicted molar refractivity (Wildman–Crippen MR) is 111 cm³/mol. The lowest BCUT2D eigenvalue weighted by Crippen LogP contribution is -2.43. The van der Waals surface area contributed by atoms with Crippen molar-refractivity contribution in [2.24, 2.45) is 4.99 Å². The van der Waals surface area contributed by atoms with Crippen LogP contribution in [0.1, 0.15) is 25.8 Å². The van der Waals surface area contributed by atoms with E-state index in [1.165, 1.54) is 22.6 Å². The Morgan fingerprint density at radius 1 is 1.15 bits per heavy atom. The van der Waals surface area contributed by atoms with Crippen molar-refractivity contribution >= 4 is 26.6 Å². The topological polar surface area (TPSA) is 70.6 Å². The number of nitrogens with zero attached hydrogens (tertiary/aromatic N) is 1. The number of hydrogen-bond donors (Lipinski definition) is 2. The summed E-state index contributed by atoms with van der Waals surface area (Å²) in [5.74, 6) is 0.909. The second-order valence-corrected chi connectivity index (χ2v) is 8.92. The molecule has 1 unspecified atom stereocenters. The molecule has 26 heavy (non-hydrogen) atoms. The van der Waals surface area contributed by atoms with Crippen LogP contribution in [-0.2, 0) is 16.3 Å². The first-order valence-corrected chi connectivity index (χ1v) is 11.1. The minimum absolute atomic E-state index is 0.0446. The normalized spacial score (nSPS) is 13.6. The van der Waals surface area contributed by atoms with E-state index in [4.69, 9.17) is 0 Å². The van der Waals surface area contributed by atoms with E-state index in [0.29, 0.717) is 13.0 Å². The Kier molecular flexibility index (Phi) is 7.45. The maximum absolute atomic E-state index is 11.3. The van der Waals surface area contributed by atoms with E-state index in [1.807, 2.05) is 19.9 Å². The number of benzene rings is 2. The van der Waals surface area contributed by atoms with Crippen LogP contribution < -0.4 is 10.6 Å². The van der Waals surface area contributed by atoms with Crippen LogP contribution in [-0.4, -0.2) is 45.5 Å². The average Bonchev–Trinajstić information content (AvgIpc) is 2.59. The first-order valence-electron chi connectivity index (χ1n) is 9.07. The van der Waals surface area contributed by atoms with Crippen molar-refractivity contribution in [2.45, 2.75) is 32.7 Å². The third-order valence-corrected chi connectivity index (χ3v) is 5.11. The van der Waals surface area contributed by atoms with E-state index in [2.05, 4.69) is 52.0 Å². The summed E-state index contributed by atoms with van der Waals surface area (Å²) in [7, 11) is -2.94. The second-order valence-electron chi connectivity index (χ2n) is 6.66. The van der Waals surface area contributed by atoms with E-state index < -0.39 is 9.84 Å². The highest BCUT2D eigenvalue weighted by molar-refractivity contribution is 7.90. The summed E-state index contributed by atoms with van der Waals surface area (Å²) in [4.78, 5) is 4.62. The maximum atomic E-state index is 11.3. The minimum Gasteiger partial charge on any atom is -0.357 e. The summed E-state index contributed by atoms with van der Waals surface area (Å²) in [6, 6.07) is 14.9. The Labute approximate surface area is 156 Å². The van der Waals surface area contributed by atoms with Crippen molar-refractivity contribution < 1.29 is 8.42 Å². The fraction of sp³-hybridized carbons (Fsp3) is 0.450. The summed E-state index contributed by atoms with van der Waals surface area (Å²) in [6.45, 7) is 5.43. The Hall–Kier alpha value is -2.08. The summed E-state index contributed by atoms with van der Waals surface area (Å²) in [5, 5.41) is 8.99. The van der Waals surface area contributed by atoms with E-state index >= 15 is 0 Å². The van der Waals surface area contributed by atoms with Crippen molar-refractivity contribution in [3.8, 4) is 0 Å². The predicted octanol–water partition coefficient (Wildman–Crippen LogP) is 2.76. The number of hydrogen-bond acceptors (Lipinski definition) is 3. The fourth-order valence-electron chi connectivity index (χ4n) is 2.71. The first-order chi connectivity index (χ1) is 12.4. The SMILES string of the molecule is CCNC(=NCCc1ccc2ccccc2c1)NC(C)CCS(C)(=O)=O. The molecule has 0 heterocycles. The van der Waals surface area contributed by atoms with Gasteiger partial charge in [-0.3, -0.25) is 4.99 Å². The van der Waals surface area contributed by atoms with Crippen molar-refractivity contribution in [3.05, 3.63) is 48.0 Å². The van der Waals surface area contributed by atoms with E-state index in [9.17, 15) is 8.42 Å². The molecular formula is C20H29N3O2S. The largest absolute Gasteiger partial charge is 0.357 e. The highest BCUT2D eigenvalue weighted by Gasteiger charge is 2.09. The molecule has 0 spiro atoms. The minimum atomic E-state index is -2.94. The maximum Gasteiger partial charge on any atom is 0.191 e. The summed E-state index contributed by atoms with van der Waals surface area (Å²) in [6.07, 6.45) is 2.69. The van der Waals surface area contributed by atoms with Crippen LogP contribution in [0.15, 0.2) is 47.5 Å². The Balaban J connectivity index is 1.92. The van der Waals surface area contributed by atoms with Gasteiger partial charge in [0.1, 0.15) is 9.84 Å². The molecule has 2 rings (SSSR count). The fourth-order valence-corrected chi connectivity index (χ4v) is 3.49. The molecule has 0 saturated heterocycles. The molecule has 6 heteroatoms. The lowest BCUT2D eigenvalue weighted by Gasteiger charge is -2.17. The van der Waals surface area contributed by atoms with Gasteiger partial charge in [-0.25, -0.2) is 8.42 Å². The number of guanidine groups is 1. The van der Waals surface area contributed by atoms with Gasteiger partial charge in [0, 0.05) is 25.4 Å². The van der Waals surface area contributed by atoms with Crippen molar-refractivity contribution in [1.29, 1.82) is 0 Å². The molecule has 0 fully saturated rings. The quantitative estimate of drug-likeness (QED) is 0.550. The lowest BCUT2D eigenvalue weighted by atomic mass is 10.1. The molecule has 0 radical (unpaired) electrons. The number of sulfone groups is 1. The van der Waals surface area contributed by atoms with Gasteiger partial charge in [-0.05, 0) is 43.0 Å². The molecule has 142 valence electrons. The van der Waals surface area contributed by atoms with Crippen LogP contribution in [0.5, 0.6) is 0 Å². The van der Waals surface area contributed by atoms with Crippen molar-refractivity contribution in [1.82, 2.24) is 10.6 Å². The van der Waals surface area contributed by atoms with Crippen LogP contribution in [0.3, 0.4) is 0 Å². The molecule has 2 aromatic rings. The van der Waals surface area contributed by atoms with Crippen LogP contribution in [0.2, 0.25) is 0 Å². The molecule has 0 saturated carbocycles. The zero-order valence-electron chi connectivity index (χ0n) is 15.8. The molecule has 5 nitrogen and oxygen atoms in total. The van der Waals surface area contributed by atoms with Crippen LogP contribution in [0.4, 0.5) is 0 Å². The zero-order valence-corrected chi connectivity index (χ0v) is 16.6. The summed E-state index contributed by atoms with van der Waals surface area (Å²) < 4.78 is 22.6. The van der Waals surface area contributed by atoms with Gasteiger partial charge >= 0.3 is 0 Å². The van der Waals surface area contributed by atoms with Crippen molar-refractivity contribution in [2.75, 3.05) is 25.1 Å². The van der Waals surface area contributed by atoms with E-state index in [0.717, 1.165) is 18.9 Å². The highest BCUT2D eigenvalue weighted by atomic mass is 32.2. The molecule has 1 atom stereocenters. The number of aliphatic imine (C=N–C) groups is 1. The van der Waals surface area contributed by atoms with E-state index in [-0.39, 0.29) is 11.8 Å². The van der Waals surface area contributed by atoms with Gasteiger partial charge in [-0.15, -0.1) is 0 Å². The van der Waals surface area contributed by atoms with Gasteiger partial charge < -0.3 is 10.6 Å². The smallest absolute Gasteiger partial charge is 0.191 e. The number of rotatable bonds is 8. The molecule has 0 aliphatic carbocycles. The number of fused-ring (bicyclic) bond motifs is 1. The second kappa shape index (κ2) is 9.57. The lowest BCUT2D eigenvalue weighted by molar-refractivity contribution is 0.581. The molecule has 0 aliphatic rings. The van der Waals surface area contributed by atoms with Gasteiger partial charge in [-0.1, -0.05) is 42.5 Å². The molecule has 2 N–H and O–H groups in total. The molecule has 2 aromatic carbocycles. The van der Waals surface area contributed by atoms with E-state index in [1.54, 1.807) is 0 Å². The monoisotopic (exact) mass is 375 g/mol. The third kappa shape index (κ3) is 7.04. The summed E-state index contributed by atoms with van der Waals surface area (Å²) in [5.41, 5.74) is 1.26. The molecule has 0 aromatic heterocycles. The van der Waals surface area contributed by atoms with Gasteiger partial charge in [0.25, 0.3) is 0 Å². The Bertz CT molecular complexity index is 847. The first kappa shape index (κ1) is 20.2. The molecule has 0 bridgehead atoms. The van der Waals surface area contributed by atoms with Gasteiger partial charge in [0.05, 0.1) is 5.75 Å². The Morgan fingerprint density at radius 3 is 2.58 bits per heavy atom. The van der Waals surface area contributed by atoms with Crippen LogP contribution in [0, 0.1) is 0 Å². The van der Waals surface area contributed by atoms with Crippen molar-refractivity contribution in [3.63, 3.8) is 0 Å². The molecule has 0 aliphatic heterocycles. The third-order valence-electron chi connectivity index (χ3n) is 4.13. The zero-order chi connectivity index (χ0) is 19.0. The average molecular weight is 376 g/mol. The number of nitrogens with one attached hydrogen (secondary N) is 2. The highest BCUT2D eigenvalue weighted by Crippen LogP contribution is 2.15. The van der Waals surface area contributed by atoms with Crippen LogP contribution >= 0.6 is 0 Å².